The van der Waals surface area contributed by atoms with Crippen molar-refractivity contribution >= 4 is 10.2 Å². The summed E-state index contributed by atoms with van der Waals surface area (Å²) in [4.78, 5) is 2.36. The largest absolute Gasteiger partial charge is 0.314 e. The normalized spacial score (nSPS) is 26.5. The highest BCUT2D eigenvalue weighted by molar-refractivity contribution is 7.87. The predicted octanol–water partition coefficient (Wildman–Crippen LogP) is -1.96. The lowest BCUT2D eigenvalue weighted by Gasteiger charge is -2.45. The molecule has 0 saturated carbocycles. The Balaban J connectivity index is 1.82. The molecule has 0 radical (unpaired) electrons. The second kappa shape index (κ2) is 4.34. The van der Waals surface area contributed by atoms with E-state index in [0.717, 1.165) is 26.2 Å². The average molecular weight is 234 g/mol. The van der Waals surface area contributed by atoms with E-state index in [1.807, 2.05) is 0 Å². The molecular weight excluding hydrogens is 216 g/mol. The monoisotopic (exact) mass is 234 g/mol. The van der Waals surface area contributed by atoms with Crippen LogP contribution in [0.15, 0.2) is 0 Å². The van der Waals surface area contributed by atoms with Crippen LogP contribution in [0, 0.1) is 0 Å². The highest BCUT2D eigenvalue weighted by Gasteiger charge is 2.38. The molecule has 2 aliphatic rings. The van der Waals surface area contributed by atoms with Crippen LogP contribution in [0.2, 0.25) is 0 Å². The Hall–Kier alpha value is -0.210. The second-order valence-corrected chi connectivity index (χ2v) is 5.84. The van der Waals surface area contributed by atoms with Crippen molar-refractivity contribution in [1.82, 2.24) is 19.2 Å². The Morgan fingerprint density at radius 3 is 2.40 bits per heavy atom. The third kappa shape index (κ3) is 2.31. The first-order chi connectivity index (χ1) is 7.13. The lowest BCUT2D eigenvalue weighted by molar-refractivity contribution is 0.0767. The number of piperazine rings is 1. The molecule has 0 aromatic rings. The van der Waals surface area contributed by atoms with Gasteiger partial charge >= 0.3 is 0 Å². The van der Waals surface area contributed by atoms with E-state index in [0.29, 0.717) is 19.1 Å². The summed E-state index contributed by atoms with van der Waals surface area (Å²) in [5.74, 6) is 0. The molecule has 2 aliphatic heterocycles. The molecule has 2 N–H and O–H groups in total. The van der Waals surface area contributed by atoms with Crippen molar-refractivity contribution in [3.63, 3.8) is 0 Å². The van der Waals surface area contributed by atoms with Crippen LogP contribution < -0.4 is 10.0 Å². The topological polar surface area (TPSA) is 64.7 Å². The molecule has 88 valence electrons. The molecule has 0 aromatic heterocycles. The zero-order valence-corrected chi connectivity index (χ0v) is 9.76. The molecule has 2 rings (SSSR count). The quantitative estimate of drug-likeness (QED) is 0.595. The van der Waals surface area contributed by atoms with Gasteiger partial charge in [-0.05, 0) is 0 Å². The summed E-state index contributed by atoms with van der Waals surface area (Å²) < 4.78 is 26.6. The third-order valence-electron chi connectivity index (χ3n) is 3.09. The van der Waals surface area contributed by atoms with Gasteiger partial charge in [0.05, 0.1) is 0 Å². The lowest BCUT2D eigenvalue weighted by Crippen LogP contribution is -2.65. The Labute approximate surface area is 90.8 Å². The van der Waals surface area contributed by atoms with Crippen LogP contribution in [-0.4, -0.2) is 70.0 Å². The van der Waals surface area contributed by atoms with Crippen molar-refractivity contribution in [2.75, 3.05) is 46.3 Å². The fourth-order valence-corrected chi connectivity index (χ4v) is 3.02. The minimum Gasteiger partial charge on any atom is -0.314 e. The number of nitrogens with zero attached hydrogens (tertiary/aromatic N) is 2. The van der Waals surface area contributed by atoms with E-state index in [1.165, 1.54) is 11.4 Å². The van der Waals surface area contributed by atoms with Gasteiger partial charge in [0.15, 0.2) is 0 Å². The average Bonchev–Trinajstić information content (AvgIpc) is 2.17. The first-order valence-electron chi connectivity index (χ1n) is 5.27. The molecule has 0 amide bonds. The fraction of sp³-hybridized carbons (Fsp3) is 1.00. The third-order valence-corrected chi connectivity index (χ3v) is 4.59. The summed E-state index contributed by atoms with van der Waals surface area (Å²) >= 11 is 0. The van der Waals surface area contributed by atoms with Gasteiger partial charge in [-0.2, -0.15) is 12.7 Å². The van der Waals surface area contributed by atoms with Crippen molar-refractivity contribution in [1.29, 1.82) is 0 Å². The van der Waals surface area contributed by atoms with E-state index in [2.05, 4.69) is 14.9 Å². The Morgan fingerprint density at radius 2 is 1.87 bits per heavy atom. The highest BCUT2D eigenvalue weighted by Crippen LogP contribution is 2.17. The van der Waals surface area contributed by atoms with E-state index in [1.54, 1.807) is 0 Å². The van der Waals surface area contributed by atoms with Gasteiger partial charge in [0.1, 0.15) is 0 Å². The maximum Gasteiger partial charge on any atom is 0.279 e. The molecule has 2 heterocycles. The Morgan fingerprint density at radius 1 is 1.27 bits per heavy atom. The highest BCUT2D eigenvalue weighted by atomic mass is 32.2. The summed E-state index contributed by atoms with van der Waals surface area (Å²) in [5, 5.41) is 3.28. The minimum absolute atomic E-state index is 0.412. The van der Waals surface area contributed by atoms with Crippen molar-refractivity contribution < 1.29 is 8.42 Å². The summed E-state index contributed by atoms with van der Waals surface area (Å²) in [6.45, 7) is 5.33. The van der Waals surface area contributed by atoms with Crippen LogP contribution in [0.1, 0.15) is 0 Å². The minimum atomic E-state index is -3.19. The Kier molecular flexibility index (Phi) is 3.27. The van der Waals surface area contributed by atoms with Gasteiger partial charge in [0, 0.05) is 52.4 Å². The van der Waals surface area contributed by atoms with E-state index < -0.39 is 10.2 Å². The maximum absolute atomic E-state index is 11.4. The van der Waals surface area contributed by atoms with E-state index in [9.17, 15) is 8.42 Å². The van der Waals surface area contributed by atoms with Crippen molar-refractivity contribution in [2.45, 2.75) is 6.04 Å². The fourth-order valence-electron chi connectivity index (χ4n) is 2.02. The molecule has 0 unspecified atom stereocenters. The predicted molar refractivity (Wildman–Crippen MR) is 57.8 cm³/mol. The summed E-state index contributed by atoms with van der Waals surface area (Å²) in [6.07, 6.45) is 0. The number of nitrogens with one attached hydrogen (secondary N) is 2. The van der Waals surface area contributed by atoms with Gasteiger partial charge in [0.25, 0.3) is 10.2 Å². The molecule has 7 heteroatoms. The second-order valence-electron chi connectivity index (χ2n) is 3.97. The Bertz CT molecular complexity index is 307. The molecule has 0 bridgehead atoms. The SMILES string of the molecule is CNS(=O)(=O)N1CC(N2CCNCC2)C1. The molecule has 0 spiro atoms. The number of hydrogen-bond donors (Lipinski definition) is 2. The molecule has 6 nitrogen and oxygen atoms in total. The molecular formula is C8H18N4O2S. The van der Waals surface area contributed by atoms with Gasteiger partial charge in [-0.1, -0.05) is 0 Å². The van der Waals surface area contributed by atoms with E-state index in [4.69, 9.17) is 0 Å². The summed E-state index contributed by atoms with van der Waals surface area (Å²) in [6, 6.07) is 0.412. The van der Waals surface area contributed by atoms with Crippen LogP contribution in [0.5, 0.6) is 0 Å². The number of rotatable bonds is 3. The van der Waals surface area contributed by atoms with Crippen LogP contribution >= 0.6 is 0 Å². The van der Waals surface area contributed by atoms with Crippen LogP contribution in [-0.2, 0) is 10.2 Å². The smallest absolute Gasteiger partial charge is 0.279 e. The van der Waals surface area contributed by atoms with Gasteiger partial charge in [-0.15, -0.1) is 0 Å². The molecule has 15 heavy (non-hydrogen) atoms. The van der Waals surface area contributed by atoms with Crippen LogP contribution in [0.25, 0.3) is 0 Å². The standard InChI is InChI=1S/C8H18N4O2S/c1-9-15(13,14)12-6-8(7-12)11-4-2-10-3-5-11/h8-10H,2-7H2,1H3. The van der Waals surface area contributed by atoms with Gasteiger partial charge < -0.3 is 5.32 Å². The zero-order chi connectivity index (χ0) is 10.9. The van der Waals surface area contributed by atoms with Gasteiger partial charge in [-0.3, -0.25) is 4.90 Å². The van der Waals surface area contributed by atoms with E-state index >= 15 is 0 Å². The van der Waals surface area contributed by atoms with Crippen LogP contribution in [0.3, 0.4) is 0 Å². The molecule has 0 atom stereocenters. The molecule has 2 fully saturated rings. The van der Waals surface area contributed by atoms with Crippen molar-refractivity contribution in [3.8, 4) is 0 Å². The van der Waals surface area contributed by atoms with Crippen LogP contribution in [0.4, 0.5) is 0 Å². The first kappa shape index (κ1) is 11.3. The lowest BCUT2D eigenvalue weighted by atomic mass is 10.1. The molecule has 0 aromatic carbocycles. The maximum atomic E-state index is 11.4. The van der Waals surface area contributed by atoms with Gasteiger partial charge in [-0.25, -0.2) is 4.72 Å². The first-order valence-corrected chi connectivity index (χ1v) is 6.71. The van der Waals surface area contributed by atoms with E-state index in [-0.39, 0.29) is 0 Å². The van der Waals surface area contributed by atoms with Gasteiger partial charge in [0.2, 0.25) is 0 Å². The van der Waals surface area contributed by atoms with Crippen molar-refractivity contribution in [2.24, 2.45) is 0 Å². The molecule has 0 aliphatic carbocycles. The zero-order valence-electron chi connectivity index (χ0n) is 8.94. The molecule has 2 saturated heterocycles. The summed E-state index contributed by atoms with van der Waals surface area (Å²) in [7, 11) is -1.74. The summed E-state index contributed by atoms with van der Waals surface area (Å²) in [5.41, 5.74) is 0. The number of hydrogen-bond acceptors (Lipinski definition) is 4. The van der Waals surface area contributed by atoms with Crippen molar-refractivity contribution in [3.05, 3.63) is 0 Å².